The fourth-order valence-electron chi connectivity index (χ4n) is 9.09. The summed E-state index contributed by atoms with van der Waals surface area (Å²) in [5.74, 6) is 0.464. The molecule has 3 aliphatic heterocycles. The molecule has 3 aromatic heterocycles. The number of fused-ring (bicyclic) bond motifs is 1. The lowest BCUT2D eigenvalue weighted by Crippen LogP contribution is -2.53. The average Bonchev–Trinajstić information content (AvgIpc) is 3.69. The average molecular weight is 813 g/mol. The number of imide groups is 1. The number of pyridine rings is 2. The van der Waals surface area contributed by atoms with Crippen LogP contribution in [-0.4, -0.2) is 99.2 Å². The molecule has 3 N–H and O–H groups in total. The zero-order valence-corrected chi connectivity index (χ0v) is 35.2. The van der Waals surface area contributed by atoms with Gasteiger partial charge in [0.1, 0.15) is 5.82 Å². The summed E-state index contributed by atoms with van der Waals surface area (Å²) in [6.45, 7) is 15.1. The number of hydrogen-bond acceptors (Lipinski definition) is 9. The molecule has 3 aliphatic rings. The Morgan fingerprint density at radius 1 is 0.900 bits per heavy atom. The van der Waals surface area contributed by atoms with Crippen LogP contribution in [0.2, 0.25) is 0 Å². The van der Waals surface area contributed by atoms with Gasteiger partial charge in [-0.3, -0.25) is 39.1 Å². The van der Waals surface area contributed by atoms with Crippen LogP contribution in [0.3, 0.4) is 0 Å². The zero-order valence-electron chi connectivity index (χ0n) is 35.2. The lowest BCUT2D eigenvalue weighted by Gasteiger charge is -2.43. The predicted octanol–water partition coefficient (Wildman–Crippen LogP) is 5.79. The molecule has 8 rings (SSSR count). The van der Waals surface area contributed by atoms with Crippen molar-refractivity contribution in [1.82, 2.24) is 40.2 Å². The molecule has 0 unspecified atom stereocenters. The Balaban J connectivity index is 0.894. The number of urea groups is 1. The molecule has 0 bridgehead atoms. The minimum Gasteiger partial charge on any atom is -0.354 e. The highest BCUT2D eigenvalue weighted by atomic mass is 16.2. The number of nitrogens with one attached hydrogen (secondary N) is 3. The van der Waals surface area contributed by atoms with Gasteiger partial charge in [0.15, 0.2) is 0 Å². The van der Waals surface area contributed by atoms with Gasteiger partial charge in [-0.05, 0) is 106 Å². The minimum absolute atomic E-state index is 0.0934. The second-order valence-corrected chi connectivity index (χ2v) is 16.7. The first-order chi connectivity index (χ1) is 29.1. The van der Waals surface area contributed by atoms with Crippen LogP contribution in [0.5, 0.6) is 0 Å². The summed E-state index contributed by atoms with van der Waals surface area (Å²) in [5.41, 5.74) is 7.35. The third-order valence-corrected chi connectivity index (χ3v) is 12.3. The van der Waals surface area contributed by atoms with E-state index in [-0.39, 0.29) is 36.0 Å². The van der Waals surface area contributed by atoms with Gasteiger partial charge < -0.3 is 15.2 Å². The molecule has 0 aliphatic carbocycles. The fourth-order valence-corrected chi connectivity index (χ4v) is 9.09. The third kappa shape index (κ3) is 8.71. The predicted molar refractivity (Wildman–Crippen MR) is 234 cm³/mol. The second-order valence-electron chi connectivity index (χ2n) is 16.7. The number of para-hydroxylation sites is 1. The summed E-state index contributed by atoms with van der Waals surface area (Å²) in [6.07, 6.45) is 7.82. The molecular formula is C46H56N10O4. The molecule has 6 heterocycles. The molecule has 0 spiro atoms. The van der Waals surface area contributed by atoms with Gasteiger partial charge in [-0.2, -0.15) is 5.10 Å². The van der Waals surface area contributed by atoms with Crippen molar-refractivity contribution in [1.29, 1.82) is 0 Å². The molecule has 2 aromatic carbocycles. The molecule has 5 aromatic rings. The maximum Gasteiger partial charge on any atom is 0.328 e. The van der Waals surface area contributed by atoms with E-state index in [2.05, 4.69) is 80.5 Å². The van der Waals surface area contributed by atoms with E-state index in [0.717, 1.165) is 122 Å². The molecule has 4 amide bonds. The number of piperazine rings is 1. The summed E-state index contributed by atoms with van der Waals surface area (Å²) in [6, 6.07) is 18.5. The number of nitrogens with zero attached hydrogens (tertiary/aromatic N) is 7. The van der Waals surface area contributed by atoms with Crippen LogP contribution in [0, 0.1) is 6.92 Å². The molecule has 60 heavy (non-hydrogen) atoms. The van der Waals surface area contributed by atoms with Crippen LogP contribution < -0.4 is 26.0 Å². The first-order valence-corrected chi connectivity index (χ1v) is 21.4. The Hall–Kier alpha value is -5.86. The standard InChI is InChI=1S/C46H56N10O4/c1-5-8-32-23-31(4)50-45(59)38(32)27-48-44(58)37-24-35(25-41-39(37)28-49-56(41)30(2)3)33-11-12-42(47-26-33)54-21-19-53(20-22-54)36-13-16-52(17-14-36)29-34-9-6-7-10-40(34)55-18-15-43(57)51-46(55)60/h6-7,9-12,23-26,28,30,36H,5,8,13-22,27,29H2,1-4H3,(H,48,58)(H,50,59)(H,51,57,60). The van der Waals surface area contributed by atoms with Crippen molar-refractivity contribution < 1.29 is 14.4 Å². The normalized spacial score (nSPS) is 17.1. The third-order valence-electron chi connectivity index (χ3n) is 12.3. The van der Waals surface area contributed by atoms with Crippen molar-refractivity contribution in [2.24, 2.45) is 0 Å². The fraction of sp³-hybridized carbons (Fsp3) is 0.435. The topological polar surface area (TPSA) is 152 Å². The van der Waals surface area contributed by atoms with Gasteiger partial charge >= 0.3 is 6.03 Å². The number of aryl methyl sites for hydroxylation is 2. The maximum atomic E-state index is 13.9. The highest BCUT2D eigenvalue weighted by molar-refractivity contribution is 6.08. The Kier molecular flexibility index (Phi) is 12.1. The van der Waals surface area contributed by atoms with E-state index in [1.807, 2.05) is 48.1 Å². The number of aromatic nitrogens is 4. The van der Waals surface area contributed by atoms with E-state index >= 15 is 0 Å². The van der Waals surface area contributed by atoms with Crippen LogP contribution in [0.25, 0.3) is 22.0 Å². The molecular weight excluding hydrogens is 757 g/mol. The SMILES string of the molecule is CCCc1cc(C)[nH]c(=O)c1CNC(=O)c1cc(-c2ccc(N3CCN(C4CCN(Cc5ccccc5N5CCC(=O)NC5=O)CC4)CC3)nc2)cc2c1cnn2C(C)C. The molecule has 0 radical (unpaired) electrons. The van der Waals surface area contributed by atoms with E-state index in [1.54, 1.807) is 11.1 Å². The molecule has 3 fully saturated rings. The smallest absolute Gasteiger partial charge is 0.328 e. The number of likely N-dealkylation sites (tertiary alicyclic amines) is 1. The van der Waals surface area contributed by atoms with E-state index in [9.17, 15) is 19.2 Å². The molecule has 0 atom stereocenters. The highest BCUT2D eigenvalue weighted by Gasteiger charge is 2.30. The number of hydrogen-bond donors (Lipinski definition) is 3. The van der Waals surface area contributed by atoms with Gasteiger partial charge in [-0.15, -0.1) is 0 Å². The molecule has 314 valence electrons. The summed E-state index contributed by atoms with van der Waals surface area (Å²) >= 11 is 0. The Morgan fingerprint density at radius 3 is 2.40 bits per heavy atom. The molecule has 14 heteroatoms. The number of carbonyl (C=O) groups excluding carboxylic acids is 3. The Labute approximate surface area is 350 Å². The van der Waals surface area contributed by atoms with Crippen LogP contribution in [0.15, 0.2) is 71.8 Å². The van der Waals surface area contributed by atoms with Gasteiger partial charge in [0.25, 0.3) is 11.5 Å². The minimum atomic E-state index is -0.345. The summed E-state index contributed by atoms with van der Waals surface area (Å²) in [7, 11) is 0. The molecule has 14 nitrogen and oxygen atoms in total. The maximum absolute atomic E-state index is 13.9. The van der Waals surface area contributed by atoms with Gasteiger partial charge in [-0.25, -0.2) is 9.78 Å². The monoisotopic (exact) mass is 812 g/mol. The molecule has 0 saturated carbocycles. The van der Waals surface area contributed by atoms with E-state index < -0.39 is 0 Å². The van der Waals surface area contributed by atoms with Crippen LogP contribution in [-0.2, 0) is 24.3 Å². The number of piperidine rings is 1. The largest absolute Gasteiger partial charge is 0.354 e. The quantitative estimate of drug-likeness (QED) is 0.142. The zero-order chi connectivity index (χ0) is 41.9. The van der Waals surface area contributed by atoms with Crippen molar-refractivity contribution in [3.8, 4) is 11.1 Å². The van der Waals surface area contributed by atoms with Crippen LogP contribution >= 0.6 is 0 Å². The van der Waals surface area contributed by atoms with E-state index in [1.165, 1.54) is 0 Å². The van der Waals surface area contributed by atoms with Crippen molar-refractivity contribution in [3.63, 3.8) is 0 Å². The van der Waals surface area contributed by atoms with E-state index in [0.29, 0.717) is 30.1 Å². The van der Waals surface area contributed by atoms with Crippen molar-refractivity contribution >= 4 is 40.3 Å². The number of anilines is 2. The summed E-state index contributed by atoms with van der Waals surface area (Å²) < 4.78 is 1.94. The number of aromatic amines is 1. The number of benzene rings is 2. The summed E-state index contributed by atoms with van der Waals surface area (Å²) in [4.78, 5) is 68.1. The van der Waals surface area contributed by atoms with Gasteiger partial charge in [0.05, 0.1) is 17.3 Å². The van der Waals surface area contributed by atoms with Crippen molar-refractivity contribution in [3.05, 3.63) is 105 Å². The first kappa shape index (κ1) is 40.9. The van der Waals surface area contributed by atoms with Gasteiger partial charge in [0.2, 0.25) is 5.91 Å². The van der Waals surface area contributed by atoms with Gasteiger partial charge in [0, 0.05) is 98.4 Å². The highest BCUT2D eigenvalue weighted by Crippen LogP contribution is 2.31. The lowest BCUT2D eigenvalue weighted by atomic mass is 10.00. The Morgan fingerprint density at radius 2 is 1.68 bits per heavy atom. The van der Waals surface area contributed by atoms with Gasteiger partial charge in [-0.1, -0.05) is 31.5 Å². The number of amides is 4. The lowest BCUT2D eigenvalue weighted by molar-refractivity contribution is -0.120. The van der Waals surface area contributed by atoms with E-state index in [4.69, 9.17) is 4.98 Å². The van der Waals surface area contributed by atoms with Crippen molar-refractivity contribution in [2.75, 3.05) is 55.6 Å². The number of rotatable bonds is 12. The van der Waals surface area contributed by atoms with Crippen LogP contribution in [0.4, 0.5) is 16.3 Å². The first-order valence-electron chi connectivity index (χ1n) is 21.4. The number of H-pyrrole nitrogens is 1. The Bertz CT molecular complexity index is 2420. The summed E-state index contributed by atoms with van der Waals surface area (Å²) in [5, 5.41) is 10.9. The van der Waals surface area contributed by atoms with Crippen LogP contribution in [0.1, 0.15) is 85.2 Å². The number of carbonyl (C=O) groups is 3. The van der Waals surface area contributed by atoms with Crippen molar-refractivity contribution in [2.45, 2.75) is 85.0 Å². The second kappa shape index (κ2) is 17.8. The molecule has 3 saturated heterocycles.